The summed E-state index contributed by atoms with van der Waals surface area (Å²) in [7, 11) is 0. The van der Waals surface area contributed by atoms with Gasteiger partial charge in [0.1, 0.15) is 36.6 Å². The second-order valence-electron chi connectivity index (χ2n) is 13.6. The van der Waals surface area contributed by atoms with Crippen LogP contribution < -0.4 is 15.5 Å². The van der Waals surface area contributed by atoms with E-state index in [9.17, 15) is 55.2 Å². The lowest BCUT2D eigenvalue weighted by atomic mass is 9.83. The van der Waals surface area contributed by atoms with Crippen molar-refractivity contribution >= 4 is 17.8 Å². The number of rotatable bonds is 17. The zero-order valence-electron chi connectivity index (χ0n) is 29.8. The molecule has 12 atom stereocenters. The Morgan fingerprint density at radius 1 is 0.736 bits per heavy atom. The highest BCUT2D eigenvalue weighted by molar-refractivity contribution is 5.88. The molecular formula is C33H54N4O16. The van der Waals surface area contributed by atoms with Gasteiger partial charge < -0.3 is 80.2 Å². The largest absolute Gasteiger partial charge is 0.492 e. The quantitative estimate of drug-likeness (QED) is 0.0683. The number of hydrogen-bond acceptors (Lipinski definition) is 17. The molecular weight excluding hydrogens is 708 g/mol. The monoisotopic (exact) mass is 762 g/mol. The van der Waals surface area contributed by atoms with Gasteiger partial charge in [-0.1, -0.05) is 6.42 Å². The summed E-state index contributed by atoms with van der Waals surface area (Å²) < 4.78 is 22.5. The van der Waals surface area contributed by atoms with Crippen LogP contribution in [0.3, 0.4) is 0 Å². The van der Waals surface area contributed by atoms with Gasteiger partial charge in [0.2, 0.25) is 23.6 Å². The van der Waals surface area contributed by atoms with Crippen molar-refractivity contribution in [2.24, 2.45) is 11.8 Å². The zero-order valence-corrected chi connectivity index (χ0v) is 29.8. The van der Waals surface area contributed by atoms with E-state index in [-0.39, 0.29) is 39.3 Å². The lowest BCUT2D eigenvalue weighted by molar-refractivity contribution is -0.292. The molecule has 1 unspecified atom stereocenters. The number of ether oxygens (including phenoxy) is 4. The number of likely N-dealkylation sites (tertiary alicyclic amines) is 1. The van der Waals surface area contributed by atoms with Crippen LogP contribution in [0.2, 0.25) is 0 Å². The Hall–Kier alpha value is -3.15. The van der Waals surface area contributed by atoms with Gasteiger partial charge >= 0.3 is 5.97 Å². The predicted octanol–water partition coefficient (Wildman–Crippen LogP) is -3.73. The molecule has 4 heterocycles. The molecule has 2 amide bonds. The fraction of sp³-hybridized carbons (Fsp3) is 0.788. The van der Waals surface area contributed by atoms with Crippen molar-refractivity contribution in [3.63, 3.8) is 0 Å². The summed E-state index contributed by atoms with van der Waals surface area (Å²) in [5.41, 5.74) is 0. The molecule has 4 rings (SSSR count). The minimum Gasteiger partial charge on any atom is -0.492 e. The Morgan fingerprint density at radius 2 is 1.25 bits per heavy atom. The van der Waals surface area contributed by atoms with Crippen molar-refractivity contribution in [1.29, 1.82) is 0 Å². The standard InChI is InChI=1S/C33H54N4O16/c1-17-24(41)26(43)28(45)32(51-17)49-14-10-34-30(47)19-9-13-36(12-5-3-4-6-23(40)53-37-21(38)7-8-22(37)39)16-20(19)31(48)35-11-15-50-33-29(46)27(44)25(42)18(2)52-33/h7-8,17-20,24-29,32-33,38-39,41-46H,3-6,9-16H2,1-2H3,(H,34,47)(H,35,48)/t17-,18-,19?,20-,24+,25+,26+,27+,28-,29-,32+,33+/m0/s1. The summed E-state index contributed by atoms with van der Waals surface area (Å²) >= 11 is 0. The third kappa shape index (κ3) is 11.4. The molecule has 10 N–H and O–H groups in total. The Bertz CT molecular complexity index is 1320. The average molecular weight is 763 g/mol. The van der Waals surface area contributed by atoms with Crippen LogP contribution in [0, 0.1) is 11.8 Å². The van der Waals surface area contributed by atoms with E-state index in [4.69, 9.17) is 23.8 Å². The molecule has 20 nitrogen and oxygen atoms in total. The first-order chi connectivity index (χ1) is 25.2. The van der Waals surface area contributed by atoms with Crippen LogP contribution >= 0.6 is 0 Å². The van der Waals surface area contributed by atoms with Crippen LogP contribution in [-0.2, 0) is 33.3 Å². The Balaban J connectivity index is 1.25. The molecule has 0 saturated carbocycles. The molecule has 1 aromatic rings. The predicted molar refractivity (Wildman–Crippen MR) is 178 cm³/mol. The molecule has 20 heteroatoms. The van der Waals surface area contributed by atoms with Crippen LogP contribution in [0.1, 0.15) is 46.0 Å². The van der Waals surface area contributed by atoms with Crippen LogP contribution in [-0.4, -0.2) is 176 Å². The number of unbranched alkanes of at least 4 members (excludes halogenated alkanes) is 2. The van der Waals surface area contributed by atoms with Crippen molar-refractivity contribution in [1.82, 2.24) is 20.3 Å². The average Bonchev–Trinajstić information content (AvgIpc) is 3.45. The summed E-state index contributed by atoms with van der Waals surface area (Å²) in [6.07, 6.45) is -10.3. The number of aliphatic hydroxyl groups excluding tert-OH is 6. The number of aromatic nitrogens is 1. The van der Waals surface area contributed by atoms with E-state index in [1.165, 1.54) is 26.0 Å². The molecule has 0 aromatic carbocycles. The van der Waals surface area contributed by atoms with E-state index in [2.05, 4.69) is 10.6 Å². The van der Waals surface area contributed by atoms with Crippen molar-refractivity contribution < 1.29 is 79.0 Å². The highest BCUT2D eigenvalue weighted by Crippen LogP contribution is 2.26. The second-order valence-corrected chi connectivity index (χ2v) is 13.6. The van der Waals surface area contributed by atoms with Crippen molar-refractivity contribution in [3.8, 4) is 11.8 Å². The normalized spacial score (nSPS) is 33.7. The minimum atomic E-state index is -1.50. The van der Waals surface area contributed by atoms with Gasteiger partial charge in [-0.25, -0.2) is 4.79 Å². The lowest BCUT2D eigenvalue weighted by Gasteiger charge is -2.39. The van der Waals surface area contributed by atoms with Gasteiger partial charge in [0.05, 0.1) is 37.3 Å². The van der Waals surface area contributed by atoms with Gasteiger partial charge in [0.25, 0.3) is 0 Å². The molecule has 0 aliphatic carbocycles. The number of carbonyl (C=O) groups excluding carboxylic acids is 3. The lowest BCUT2D eigenvalue weighted by Crippen LogP contribution is -2.57. The van der Waals surface area contributed by atoms with Crippen LogP contribution in [0.25, 0.3) is 0 Å². The highest BCUT2D eigenvalue weighted by atomic mass is 16.7. The molecule has 302 valence electrons. The first kappa shape index (κ1) is 42.6. The highest BCUT2D eigenvalue weighted by Gasteiger charge is 2.44. The zero-order chi connectivity index (χ0) is 38.8. The second kappa shape index (κ2) is 20.0. The maximum Gasteiger partial charge on any atom is 0.333 e. The molecule has 3 fully saturated rings. The molecule has 3 saturated heterocycles. The first-order valence-corrected chi connectivity index (χ1v) is 17.9. The topological polar surface area (TPSA) is 291 Å². The molecule has 3 aliphatic rings. The molecule has 0 bridgehead atoms. The third-order valence-electron chi connectivity index (χ3n) is 9.70. The molecule has 0 radical (unpaired) electrons. The summed E-state index contributed by atoms with van der Waals surface area (Å²) in [5.74, 6) is -3.74. The number of aliphatic hydroxyl groups is 6. The number of nitrogens with zero attached hydrogens (tertiary/aromatic N) is 2. The number of hydrogen-bond donors (Lipinski definition) is 10. The van der Waals surface area contributed by atoms with E-state index < -0.39 is 103 Å². The molecule has 0 spiro atoms. The first-order valence-electron chi connectivity index (χ1n) is 17.9. The van der Waals surface area contributed by atoms with Crippen molar-refractivity contribution in [3.05, 3.63) is 12.1 Å². The summed E-state index contributed by atoms with van der Waals surface area (Å²) in [6.45, 7) is 4.20. The fourth-order valence-electron chi connectivity index (χ4n) is 6.49. The van der Waals surface area contributed by atoms with E-state index in [0.29, 0.717) is 43.5 Å². The SMILES string of the molecule is C[C@@H]1O[C@@H](OCCNC(=O)C2CCN(CCCCCC(=O)On3c(O)ccc3O)C[C@@H]2C(=O)NCCO[C@@H]2O[C@@H](C)[C@@H](O)[C@@H](O)[C@@H]2O)[C@@H](O)[C@H](O)[C@@H]1O. The van der Waals surface area contributed by atoms with Crippen LogP contribution in [0.5, 0.6) is 11.8 Å². The number of piperidine rings is 1. The molecule has 1 aromatic heterocycles. The summed E-state index contributed by atoms with van der Waals surface area (Å²) in [4.78, 5) is 46.0. The third-order valence-corrected chi connectivity index (χ3v) is 9.70. The van der Waals surface area contributed by atoms with Gasteiger partial charge in [0, 0.05) is 38.2 Å². The van der Waals surface area contributed by atoms with Gasteiger partial charge in [-0.3, -0.25) is 9.59 Å². The van der Waals surface area contributed by atoms with Crippen molar-refractivity contribution in [2.75, 3.05) is 45.9 Å². The van der Waals surface area contributed by atoms with Gasteiger partial charge in [0.15, 0.2) is 12.6 Å². The number of carbonyl (C=O) groups is 3. The smallest absolute Gasteiger partial charge is 0.333 e. The maximum absolute atomic E-state index is 13.5. The van der Waals surface area contributed by atoms with Gasteiger partial charge in [-0.15, -0.1) is 4.73 Å². The fourth-order valence-corrected chi connectivity index (χ4v) is 6.49. The van der Waals surface area contributed by atoms with E-state index >= 15 is 0 Å². The molecule has 53 heavy (non-hydrogen) atoms. The number of nitrogens with one attached hydrogen (secondary N) is 2. The van der Waals surface area contributed by atoms with E-state index in [1.54, 1.807) is 0 Å². The Labute approximate surface area is 306 Å². The van der Waals surface area contributed by atoms with E-state index in [0.717, 1.165) is 0 Å². The number of amides is 2. The van der Waals surface area contributed by atoms with Crippen LogP contribution in [0.4, 0.5) is 0 Å². The maximum atomic E-state index is 13.5. The van der Waals surface area contributed by atoms with Crippen molar-refractivity contribution in [2.45, 2.75) is 107 Å². The minimum absolute atomic E-state index is 0.00549. The Morgan fingerprint density at radius 3 is 1.77 bits per heavy atom. The van der Waals surface area contributed by atoms with Gasteiger partial charge in [-0.05, 0) is 46.2 Å². The van der Waals surface area contributed by atoms with Crippen LogP contribution in [0.15, 0.2) is 12.1 Å². The summed E-state index contributed by atoms with van der Waals surface area (Å²) in [6, 6.07) is 2.37. The van der Waals surface area contributed by atoms with E-state index in [1.807, 2.05) is 4.90 Å². The molecule has 3 aliphatic heterocycles. The number of aromatic hydroxyl groups is 2. The Kier molecular flexibility index (Phi) is 16.0. The summed E-state index contributed by atoms with van der Waals surface area (Å²) in [5, 5.41) is 84.9. The van der Waals surface area contributed by atoms with Gasteiger partial charge in [-0.2, -0.15) is 0 Å².